The van der Waals surface area contributed by atoms with Gasteiger partial charge in [-0.15, -0.1) is 0 Å². The number of aliphatic imine (C=N–C) groups is 1. The van der Waals surface area contributed by atoms with E-state index in [1.165, 1.54) is 36.4 Å². The highest BCUT2D eigenvalue weighted by Crippen LogP contribution is 2.48. The molecule has 2 aromatic carbocycles. The summed E-state index contributed by atoms with van der Waals surface area (Å²) in [5, 5.41) is 5.84. The first-order chi connectivity index (χ1) is 16.7. The second-order valence-corrected chi connectivity index (χ2v) is 9.19. The molecule has 1 heterocycles. The molecule has 1 atom stereocenters. The lowest BCUT2D eigenvalue weighted by Crippen LogP contribution is -2.43. The predicted molar refractivity (Wildman–Crippen MR) is 126 cm³/mol. The molecule has 0 aliphatic carbocycles. The third-order valence-electron chi connectivity index (χ3n) is 5.36. The molecule has 14 heteroatoms. The topological polar surface area (TPSA) is 65.8 Å². The standard InChI is InChI=1S/C22H17Cl3F6N4O/c23-15-6-14(7-16(24)8-15)20(22(29,30)31)9-18(33-11-20)12-1-2-13(17(25)5-12)10-34-35-19(36)32-4-3-21(26,27)28/h1-2,5-8,10H,3-4,9,11H2,(H2,32,35,36)/b34-10+. The van der Waals surface area contributed by atoms with Crippen molar-refractivity contribution in [2.45, 2.75) is 30.6 Å². The fraction of sp³-hybridized carbons (Fsp3) is 0.318. The molecule has 2 amide bonds. The Hall–Kier alpha value is -2.50. The summed E-state index contributed by atoms with van der Waals surface area (Å²) in [6, 6.07) is 7.19. The summed E-state index contributed by atoms with van der Waals surface area (Å²) in [7, 11) is 0. The summed E-state index contributed by atoms with van der Waals surface area (Å²) in [6.45, 7) is -1.18. The van der Waals surface area contributed by atoms with Crippen molar-refractivity contribution >= 4 is 52.8 Å². The Bertz CT molecular complexity index is 1180. The number of halogens is 9. The van der Waals surface area contributed by atoms with Crippen LogP contribution in [-0.2, 0) is 5.41 Å². The summed E-state index contributed by atoms with van der Waals surface area (Å²) in [5.74, 6) is 0. The second kappa shape index (κ2) is 10.9. The minimum Gasteiger partial charge on any atom is -0.336 e. The minimum atomic E-state index is -4.64. The van der Waals surface area contributed by atoms with Gasteiger partial charge in [-0.05, 0) is 35.4 Å². The van der Waals surface area contributed by atoms with Crippen LogP contribution < -0.4 is 10.7 Å². The van der Waals surface area contributed by atoms with Crippen molar-refractivity contribution in [1.29, 1.82) is 0 Å². The van der Waals surface area contributed by atoms with E-state index in [0.717, 1.165) is 6.21 Å². The molecule has 5 nitrogen and oxygen atoms in total. The zero-order valence-corrected chi connectivity index (χ0v) is 20.3. The number of nitrogens with one attached hydrogen (secondary N) is 2. The number of hydrogen-bond acceptors (Lipinski definition) is 3. The van der Waals surface area contributed by atoms with E-state index < -0.39 is 49.7 Å². The molecule has 0 saturated carbocycles. The molecule has 0 radical (unpaired) electrons. The normalized spacial score (nSPS) is 18.4. The molecule has 194 valence electrons. The number of alkyl halides is 6. The van der Waals surface area contributed by atoms with Gasteiger partial charge >= 0.3 is 18.4 Å². The van der Waals surface area contributed by atoms with Crippen LogP contribution in [0.1, 0.15) is 29.5 Å². The molecule has 2 aromatic rings. The average molecular weight is 574 g/mol. The van der Waals surface area contributed by atoms with Gasteiger partial charge in [0, 0.05) is 34.3 Å². The van der Waals surface area contributed by atoms with Crippen LogP contribution in [0.15, 0.2) is 46.5 Å². The molecule has 36 heavy (non-hydrogen) atoms. The SMILES string of the molecule is O=C(NCCC(F)(F)F)N/N=C/c1ccc(C2=NCC(c3cc(Cl)cc(Cl)c3)(C(F)(F)F)C2)cc1Cl. The summed E-state index contributed by atoms with van der Waals surface area (Å²) in [4.78, 5) is 15.6. The Balaban J connectivity index is 1.71. The molecular weight excluding hydrogens is 557 g/mol. The van der Waals surface area contributed by atoms with E-state index in [1.807, 2.05) is 10.7 Å². The number of hydrogen-bond donors (Lipinski definition) is 2. The number of amides is 2. The van der Waals surface area contributed by atoms with Crippen LogP contribution in [0.3, 0.4) is 0 Å². The molecule has 2 N–H and O–H groups in total. The van der Waals surface area contributed by atoms with E-state index >= 15 is 0 Å². The van der Waals surface area contributed by atoms with E-state index in [1.54, 1.807) is 0 Å². The number of nitrogens with zero attached hydrogens (tertiary/aromatic N) is 2. The monoisotopic (exact) mass is 572 g/mol. The minimum absolute atomic E-state index is 0.0731. The van der Waals surface area contributed by atoms with Crippen molar-refractivity contribution in [1.82, 2.24) is 10.7 Å². The number of rotatable bonds is 6. The number of benzene rings is 2. The van der Waals surface area contributed by atoms with Crippen LogP contribution >= 0.6 is 34.8 Å². The first-order valence-corrected chi connectivity index (χ1v) is 11.3. The number of carbonyl (C=O) groups is 1. The van der Waals surface area contributed by atoms with E-state index in [0.29, 0.717) is 11.1 Å². The maximum Gasteiger partial charge on any atom is 0.400 e. The fourth-order valence-corrected chi connectivity index (χ4v) is 4.28. The molecule has 0 aromatic heterocycles. The van der Waals surface area contributed by atoms with Crippen molar-refractivity contribution in [3.8, 4) is 0 Å². The second-order valence-electron chi connectivity index (χ2n) is 7.91. The van der Waals surface area contributed by atoms with Gasteiger partial charge in [-0.2, -0.15) is 31.4 Å². The highest BCUT2D eigenvalue weighted by molar-refractivity contribution is 6.35. The third kappa shape index (κ3) is 6.83. The molecule has 0 fully saturated rings. The van der Waals surface area contributed by atoms with E-state index in [4.69, 9.17) is 34.8 Å². The smallest absolute Gasteiger partial charge is 0.336 e. The largest absolute Gasteiger partial charge is 0.400 e. The van der Waals surface area contributed by atoms with Crippen molar-refractivity contribution in [2.24, 2.45) is 10.1 Å². The fourth-order valence-electron chi connectivity index (χ4n) is 3.53. The van der Waals surface area contributed by atoms with Gasteiger partial charge in [0.15, 0.2) is 0 Å². The van der Waals surface area contributed by atoms with Crippen LogP contribution in [0.5, 0.6) is 0 Å². The summed E-state index contributed by atoms with van der Waals surface area (Å²) < 4.78 is 79.0. The van der Waals surface area contributed by atoms with Gasteiger partial charge in [0.2, 0.25) is 0 Å². The van der Waals surface area contributed by atoms with E-state index in [-0.39, 0.29) is 26.3 Å². The molecule has 1 aliphatic heterocycles. The average Bonchev–Trinajstić information content (AvgIpc) is 3.20. The van der Waals surface area contributed by atoms with Crippen LogP contribution in [-0.4, -0.2) is 43.4 Å². The van der Waals surface area contributed by atoms with E-state index in [9.17, 15) is 31.1 Å². The van der Waals surface area contributed by atoms with Gasteiger partial charge < -0.3 is 5.32 Å². The molecule has 1 unspecified atom stereocenters. The quantitative estimate of drug-likeness (QED) is 0.220. The highest BCUT2D eigenvalue weighted by Gasteiger charge is 2.58. The Labute approximate surface area is 216 Å². The Morgan fingerprint density at radius 2 is 1.72 bits per heavy atom. The van der Waals surface area contributed by atoms with Crippen LogP contribution in [0.4, 0.5) is 31.1 Å². The molecule has 0 saturated heterocycles. The Morgan fingerprint density at radius 3 is 2.31 bits per heavy atom. The Morgan fingerprint density at radius 1 is 1.06 bits per heavy atom. The summed E-state index contributed by atoms with van der Waals surface area (Å²) in [5.41, 5.74) is 0.419. The van der Waals surface area contributed by atoms with Crippen molar-refractivity contribution in [3.05, 3.63) is 68.2 Å². The zero-order valence-electron chi connectivity index (χ0n) is 18.1. The predicted octanol–water partition coefficient (Wildman–Crippen LogP) is 6.93. The lowest BCUT2D eigenvalue weighted by atomic mass is 9.76. The van der Waals surface area contributed by atoms with Crippen LogP contribution in [0, 0.1) is 0 Å². The zero-order chi connectivity index (χ0) is 26.7. The van der Waals surface area contributed by atoms with Gasteiger partial charge in [-0.25, -0.2) is 10.2 Å². The molecule has 1 aliphatic rings. The lowest BCUT2D eigenvalue weighted by Gasteiger charge is -2.31. The number of carbonyl (C=O) groups excluding carboxylic acids is 1. The number of hydrazone groups is 1. The maximum atomic E-state index is 14.2. The first-order valence-electron chi connectivity index (χ1n) is 10.2. The lowest BCUT2D eigenvalue weighted by molar-refractivity contribution is -0.183. The summed E-state index contributed by atoms with van der Waals surface area (Å²) >= 11 is 18.1. The van der Waals surface area contributed by atoms with Gasteiger partial charge in [-0.3, -0.25) is 4.99 Å². The third-order valence-corrected chi connectivity index (χ3v) is 6.13. The number of urea groups is 1. The molecule has 0 bridgehead atoms. The Kier molecular flexibility index (Phi) is 8.47. The highest BCUT2D eigenvalue weighted by atomic mass is 35.5. The van der Waals surface area contributed by atoms with Gasteiger partial charge in [0.05, 0.1) is 24.2 Å². The first kappa shape index (κ1) is 28.1. The van der Waals surface area contributed by atoms with Crippen LogP contribution in [0.25, 0.3) is 0 Å². The van der Waals surface area contributed by atoms with Gasteiger partial charge in [-0.1, -0.05) is 46.9 Å². The molecular formula is C22H17Cl3F6N4O. The van der Waals surface area contributed by atoms with Gasteiger partial charge in [0.25, 0.3) is 0 Å². The maximum absolute atomic E-state index is 14.2. The van der Waals surface area contributed by atoms with Crippen molar-refractivity contribution in [2.75, 3.05) is 13.1 Å². The van der Waals surface area contributed by atoms with Crippen LogP contribution in [0.2, 0.25) is 15.1 Å². The van der Waals surface area contributed by atoms with E-state index in [2.05, 4.69) is 10.1 Å². The van der Waals surface area contributed by atoms with Crippen molar-refractivity contribution in [3.63, 3.8) is 0 Å². The molecule has 3 rings (SSSR count). The molecule has 0 spiro atoms. The van der Waals surface area contributed by atoms with Gasteiger partial charge in [0.1, 0.15) is 5.41 Å². The van der Waals surface area contributed by atoms with Crippen molar-refractivity contribution < 1.29 is 31.1 Å². The summed E-state index contributed by atoms with van der Waals surface area (Å²) in [6.07, 6.45) is -9.57.